The van der Waals surface area contributed by atoms with Gasteiger partial charge in [0.15, 0.2) is 5.78 Å². The van der Waals surface area contributed by atoms with Crippen LogP contribution in [-0.4, -0.2) is 17.5 Å². The van der Waals surface area contributed by atoms with E-state index in [4.69, 9.17) is 0 Å². The number of aliphatic hydroxyl groups excluding tert-OH is 1. The second kappa shape index (κ2) is 4.95. The van der Waals surface area contributed by atoms with E-state index in [0.29, 0.717) is 18.3 Å². The van der Waals surface area contributed by atoms with Crippen LogP contribution in [0, 0.1) is 22.7 Å². The standard InChI is InChI=1S/C19H26O2/c1-4-18(2)8-7-17-13(10-18)5-6-16-14(12-20)9-15(21)11-19(16,17)3/h4,9-10,16-17,20H,1,5-8,11-12H2,2-3H3/t16-,17-,18+,19-/m0/s1. The van der Waals surface area contributed by atoms with Crippen molar-refractivity contribution in [1.29, 1.82) is 0 Å². The highest BCUT2D eigenvalue weighted by atomic mass is 16.3. The topological polar surface area (TPSA) is 37.3 Å². The molecule has 1 N–H and O–H groups in total. The van der Waals surface area contributed by atoms with Crippen molar-refractivity contribution in [3.05, 3.63) is 36.0 Å². The number of aliphatic hydroxyl groups is 1. The zero-order valence-corrected chi connectivity index (χ0v) is 13.2. The Balaban J connectivity index is 2.00. The first-order valence-electron chi connectivity index (χ1n) is 8.11. The third-order valence-corrected chi connectivity index (χ3v) is 6.25. The molecule has 0 spiro atoms. The van der Waals surface area contributed by atoms with Gasteiger partial charge in [-0.05, 0) is 54.6 Å². The minimum absolute atomic E-state index is 0.00349. The molecule has 0 heterocycles. The van der Waals surface area contributed by atoms with Gasteiger partial charge in [0, 0.05) is 11.8 Å². The van der Waals surface area contributed by atoms with Crippen LogP contribution >= 0.6 is 0 Å². The summed E-state index contributed by atoms with van der Waals surface area (Å²) < 4.78 is 0. The van der Waals surface area contributed by atoms with Crippen molar-refractivity contribution in [3.8, 4) is 0 Å². The van der Waals surface area contributed by atoms with E-state index < -0.39 is 0 Å². The molecule has 0 amide bonds. The summed E-state index contributed by atoms with van der Waals surface area (Å²) in [6.45, 7) is 8.54. The summed E-state index contributed by atoms with van der Waals surface area (Å²) in [6.07, 6.45) is 11.2. The Labute approximate surface area is 127 Å². The van der Waals surface area contributed by atoms with Crippen molar-refractivity contribution in [2.24, 2.45) is 22.7 Å². The van der Waals surface area contributed by atoms with Crippen LogP contribution in [0.1, 0.15) is 46.0 Å². The highest BCUT2D eigenvalue weighted by Gasteiger charge is 2.51. The molecule has 2 heteroatoms. The van der Waals surface area contributed by atoms with Crippen LogP contribution in [0.5, 0.6) is 0 Å². The van der Waals surface area contributed by atoms with E-state index in [-0.39, 0.29) is 23.2 Å². The maximum atomic E-state index is 12.1. The molecule has 0 unspecified atom stereocenters. The number of fused-ring (bicyclic) bond motifs is 3. The van der Waals surface area contributed by atoms with Gasteiger partial charge < -0.3 is 5.11 Å². The van der Waals surface area contributed by atoms with Crippen molar-refractivity contribution in [2.75, 3.05) is 6.61 Å². The number of carbonyl (C=O) groups is 1. The van der Waals surface area contributed by atoms with Gasteiger partial charge in [-0.15, -0.1) is 6.58 Å². The quantitative estimate of drug-likeness (QED) is 0.783. The summed E-state index contributed by atoms with van der Waals surface area (Å²) in [4.78, 5) is 12.1. The predicted octanol–water partition coefficient (Wildman–Crippen LogP) is 3.82. The number of carbonyl (C=O) groups excluding carboxylic acids is 1. The molecule has 3 aliphatic rings. The van der Waals surface area contributed by atoms with Gasteiger partial charge in [0.25, 0.3) is 0 Å². The van der Waals surface area contributed by atoms with Crippen LogP contribution in [0.15, 0.2) is 36.0 Å². The molecule has 0 aromatic rings. The Bertz CT molecular complexity index is 542. The van der Waals surface area contributed by atoms with E-state index in [1.54, 1.807) is 6.08 Å². The van der Waals surface area contributed by atoms with Crippen molar-refractivity contribution in [2.45, 2.75) is 46.0 Å². The SMILES string of the molecule is C=C[C@@]1(C)C=C2CC[C@H]3C(CO)=CC(=O)C[C@]3(C)[C@H]2CC1. The molecule has 0 bridgehead atoms. The zero-order chi connectivity index (χ0) is 15.3. The summed E-state index contributed by atoms with van der Waals surface area (Å²) in [6, 6.07) is 0. The van der Waals surface area contributed by atoms with Crippen LogP contribution < -0.4 is 0 Å². The van der Waals surface area contributed by atoms with Crippen LogP contribution in [0.2, 0.25) is 0 Å². The second-order valence-corrected chi connectivity index (χ2v) is 7.64. The lowest BCUT2D eigenvalue weighted by Gasteiger charge is -2.53. The van der Waals surface area contributed by atoms with Crippen LogP contribution in [0.4, 0.5) is 0 Å². The molecule has 3 rings (SSSR count). The van der Waals surface area contributed by atoms with Gasteiger partial charge in [0.2, 0.25) is 0 Å². The molecule has 0 aromatic carbocycles. The van der Waals surface area contributed by atoms with Crippen LogP contribution in [-0.2, 0) is 4.79 Å². The highest BCUT2D eigenvalue weighted by Crippen LogP contribution is 2.58. The van der Waals surface area contributed by atoms with E-state index in [0.717, 1.165) is 31.3 Å². The van der Waals surface area contributed by atoms with Crippen LogP contribution in [0.25, 0.3) is 0 Å². The van der Waals surface area contributed by atoms with Gasteiger partial charge in [0.05, 0.1) is 6.61 Å². The summed E-state index contributed by atoms with van der Waals surface area (Å²) in [7, 11) is 0. The Morgan fingerprint density at radius 2 is 2.14 bits per heavy atom. The third-order valence-electron chi connectivity index (χ3n) is 6.25. The Morgan fingerprint density at radius 1 is 1.38 bits per heavy atom. The molecule has 1 fully saturated rings. The molecular weight excluding hydrogens is 260 g/mol. The zero-order valence-electron chi connectivity index (χ0n) is 13.2. The minimum Gasteiger partial charge on any atom is -0.392 e. The fourth-order valence-corrected chi connectivity index (χ4v) is 5.03. The van der Waals surface area contributed by atoms with Crippen molar-refractivity contribution in [1.82, 2.24) is 0 Å². The average molecular weight is 286 g/mol. The average Bonchev–Trinajstić information content (AvgIpc) is 2.45. The van der Waals surface area contributed by atoms with Crippen molar-refractivity contribution in [3.63, 3.8) is 0 Å². The molecule has 0 aliphatic heterocycles. The lowest BCUT2D eigenvalue weighted by Crippen LogP contribution is -2.47. The van der Waals surface area contributed by atoms with Gasteiger partial charge in [-0.1, -0.05) is 31.6 Å². The number of hydrogen-bond acceptors (Lipinski definition) is 2. The van der Waals surface area contributed by atoms with Gasteiger partial charge in [-0.2, -0.15) is 0 Å². The molecule has 0 aromatic heterocycles. The van der Waals surface area contributed by atoms with E-state index in [1.807, 2.05) is 0 Å². The largest absolute Gasteiger partial charge is 0.392 e. The van der Waals surface area contributed by atoms with E-state index in [1.165, 1.54) is 5.57 Å². The normalized spacial score (nSPS) is 42.5. The van der Waals surface area contributed by atoms with Crippen molar-refractivity contribution >= 4 is 5.78 Å². The van der Waals surface area contributed by atoms with E-state index in [9.17, 15) is 9.90 Å². The maximum Gasteiger partial charge on any atom is 0.156 e. The smallest absolute Gasteiger partial charge is 0.156 e. The fraction of sp³-hybridized carbons (Fsp3) is 0.632. The number of hydrogen-bond donors (Lipinski definition) is 1. The van der Waals surface area contributed by atoms with Gasteiger partial charge in [0.1, 0.15) is 0 Å². The number of ketones is 1. The summed E-state index contributed by atoms with van der Waals surface area (Å²) in [5.41, 5.74) is 2.60. The monoisotopic (exact) mass is 286 g/mol. The number of allylic oxidation sites excluding steroid dienone is 4. The molecular formula is C19H26O2. The molecule has 114 valence electrons. The lowest BCUT2D eigenvalue weighted by atomic mass is 9.50. The van der Waals surface area contributed by atoms with Gasteiger partial charge in [-0.25, -0.2) is 0 Å². The molecule has 2 nitrogen and oxygen atoms in total. The third kappa shape index (κ3) is 2.24. The Kier molecular flexibility index (Phi) is 3.48. The fourth-order valence-electron chi connectivity index (χ4n) is 5.03. The molecule has 4 atom stereocenters. The predicted molar refractivity (Wildman–Crippen MR) is 84.7 cm³/mol. The van der Waals surface area contributed by atoms with E-state index in [2.05, 4.69) is 32.6 Å². The van der Waals surface area contributed by atoms with Crippen LogP contribution in [0.3, 0.4) is 0 Å². The van der Waals surface area contributed by atoms with Gasteiger partial charge >= 0.3 is 0 Å². The number of rotatable bonds is 2. The first kappa shape index (κ1) is 14.8. The Morgan fingerprint density at radius 3 is 2.81 bits per heavy atom. The molecule has 0 radical (unpaired) electrons. The van der Waals surface area contributed by atoms with Gasteiger partial charge in [-0.3, -0.25) is 4.79 Å². The molecule has 21 heavy (non-hydrogen) atoms. The highest BCUT2D eigenvalue weighted by molar-refractivity contribution is 5.92. The maximum absolute atomic E-state index is 12.1. The molecule has 3 aliphatic carbocycles. The second-order valence-electron chi connectivity index (χ2n) is 7.64. The van der Waals surface area contributed by atoms with E-state index >= 15 is 0 Å². The molecule has 0 saturated heterocycles. The summed E-state index contributed by atoms with van der Waals surface area (Å²) in [5.74, 6) is 1.05. The first-order chi connectivity index (χ1) is 9.92. The summed E-state index contributed by atoms with van der Waals surface area (Å²) in [5, 5.41) is 9.63. The summed E-state index contributed by atoms with van der Waals surface area (Å²) >= 11 is 0. The van der Waals surface area contributed by atoms with Crippen molar-refractivity contribution < 1.29 is 9.90 Å². The first-order valence-corrected chi connectivity index (χ1v) is 8.11. The lowest BCUT2D eigenvalue weighted by molar-refractivity contribution is -0.120. The minimum atomic E-state index is -0.00349. The Hall–Kier alpha value is -1.15. The molecule has 1 saturated carbocycles.